The van der Waals surface area contributed by atoms with Crippen molar-refractivity contribution in [1.82, 2.24) is 10.2 Å². The summed E-state index contributed by atoms with van der Waals surface area (Å²) >= 11 is 0. The fourth-order valence-electron chi connectivity index (χ4n) is 6.94. The maximum Gasteiger partial charge on any atom is 0.224 e. The van der Waals surface area contributed by atoms with Gasteiger partial charge in [0.2, 0.25) is 5.91 Å². The van der Waals surface area contributed by atoms with Crippen LogP contribution in [0.25, 0.3) is 10.9 Å². The van der Waals surface area contributed by atoms with Gasteiger partial charge < -0.3 is 16.4 Å². The van der Waals surface area contributed by atoms with Gasteiger partial charge in [0.15, 0.2) is 5.82 Å². The van der Waals surface area contributed by atoms with E-state index in [0.29, 0.717) is 24.1 Å². The van der Waals surface area contributed by atoms with E-state index in [1.54, 1.807) is 0 Å². The lowest BCUT2D eigenvalue weighted by molar-refractivity contribution is -0.116. The van der Waals surface area contributed by atoms with Gasteiger partial charge in [0.25, 0.3) is 0 Å². The molecule has 2 aliphatic carbocycles. The van der Waals surface area contributed by atoms with Crippen LogP contribution in [0.4, 0.5) is 17.2 Å². The van der Waals surface area contributed by atoms with Crippen molar-refractivity contribution in [2.45, 2.75) is 44.1 Å². The molecule has 152 valence electrons. The molecule has 0 saturated heterocycles. The van der Waals surface area contributed by atoms with Crippen LogP contribution in [0.15, 0.2) is 30.3 Å². The van der Waals surface area contributed by atoms with Crippen molar-refractivity contribution >= 4 is 34.0 Å². The Balaban J connectivity index is 1.38. The molecule has 0 spiro atoms. The first-order valence-electron chi connectivity index (χ1n) is 11.1. The summed E-state index contributed by atoms with van der Waals surface area (Å²) in [4.78, 5) is 11.9. The number of hydrogen-bond donors (Lipinski definition) is 4. The lowest BCUT2D eigenvalue weighted by Crippen LogP contribution is -2.36. The molecule has 2 aliphatic heterocycles. The Hall–Kier alpha value is -3.02. The van der Waals surface area contributed by atoms with Crippen LogP contribution in [0, 0.1) is 17.8 Å². The van der Waals surface area contributed by atoms with Crippen LogP contribution in [0.5, 0.6) is 0 Å². The molecule has 6 heteroatoms. The summed E-state index contributed by atoms with van der Waals surface area (Å²) in [5, 5.41) is 15.1. The fraction of sp³-hybridized carbons (Fsp3) is 0.417. The highest BCUT2D eigenvalue weighted by Crippen LogP contribution is 2.64. The standard InChI is InChI=1S/C24H25N5O/c25-24-16-9-14(3-5-17(16)28-29-24)23-22-13-2-1-12(7-13)21(22)15-8-11-4-6-20(30)26-18(11)10-19(15)27-23/h3,5,8-10,12-13,21-23,27H,1-2,4,6-7H2,(H,26,30)(H3,25,28,29)/t12-,13-,21-,22-,23+/m1/s1. The number of anilines is 3. The van der Waals surface area contributed by atoms with Gasteiger partial charge in [-0.15, -0.1) is 0 Å². The first kappa shape index (κ1) is 16.7. The molecule has 6 nitrogen and oxygen atoms in total. The van der Waals surface area contributed by atoms with Crippen LogP contribution in [0.2, 0.25) is 0 Å². The Morgan fingerprint density at radius 1 is 1.03 bits per heavy atom. The lowest BCUT2D eigenvalue weighted by atomic mass is 9.67. The van der Waals surface area contributed by atoms with Crippen molar-refractivity contribution in [3.8, 4) is 0 Å². The van der Waals surface area contributed by atoms with Gasteiger partial charge >= 0.3 is 0 Å². The van der Waals surface area contributed by atoms with Gasteiger partial charge in [-0.1, -0.05) is 12.1 Å². The second-order valence-electron chi connectivity index (χ2n) is 9.62. The molecule has 2 fully saturated rings. The molecule has 1 amide bonds. The largest absolute Gasteiger partial charge is 0.382 e. The third-order valence-corrected chi connectivity index (χ3v) is 8.18. The van der Waals surface area contributed by atoms with Gasteiger partial charge in [-0.2, -0.15) is 5.10 Å². The Kier molecular flexibility index (Phi) is 3.22. The fourth-order valence-corrected chi connectivity index (χ4v) is 6.94. The number of carbonyl (C=O) groups excluding carboxylic acids is 1. The molecule has 1 aromatic heterocycles. The summed E-state index contributed by atoms with van der Waals surface area (Å²) in [7, 11) is 0. The predicted octanol–water partition coefficient (Wildman–Crippen LogP) is 4.33. The van der Waals surface area contributed by atoms with E-state index in [0.717, 1.165) is 34.8 Å². The number of nitrogens with zero attached hydrogens (tertiary/aromatic N) is 1. The molecule has 5 atom stereocenters. The minimum atomic E-state index is 0.119. The summed E-state index contributed by atoms with van der Waals surface area (Å²) in [5.74, 6) is 3.45. The van der Waals surface area contributed by atoms with E-state index in [-0.39, 0.29) is 11.9 Å². The summed E-state index contributed by atoms with van der Waals surface area (Å²) in [5.41, 5.74) is 13.3. The molecule has 0 unspecified atom stereocenters. The third-order valence-electron chi connectivity index (χ3n) is 8.18. The highest BCUT2D eigenvalue weighted by Gasteiger charge is 2.54. The maximum atomic E-state index is 11.9. The highest BCUT2D eigenvalue weighted by molar-refractivity contribution is 5.95. The monoisotopic (exact) mass is 399 g/mol. The summed E-state index contributed by atoms with van der Waals surface area (Å²) in [6, 6.07) is 11.4. The average Bonchev–Trinajstić information content (AvgIpc) is 3.47. The number of rotatable bonds is 1. The van der Waals surface area contributed by atoms with E-state index in [1.165, 1.54) is 41.6 Å². The van der Waals surface area contributed by atoms with Crippen LogP contribution in [-0.2, 0) is 11.2 Å². The van der Waals surface area contributed by atoms with Crippen LogP contribution < -0.4 is 16.4 Å². The number of aromatic nitrogens is 2. The number of hydrogen-bond acceptors (Lipinski definition) is 4. The quantitative estimate of drug-likeness (QED) is 0.490. The van der Waals surface area contributed by atoms with Crippen LogP contribution in [0.1, 0.15) is 54.3 Å². The van der Waals surface area contributed by atoms with E-state index in [9.17, 15) is 4.79 Å². The van der Waals surface area contributed by atoms with Crippen molar-refractivity contribution in [2.75, 3.05) is 16.4 Å². The second-order valence-corrected chi connectivity index (χ2v) is 9.62. The van der Waals surface area contributed by atoms with Gasteiger partial charge in [0, 0.05) is 23.2 Å². The van der Waals surface area contributed by atoms with Gasteiger partial charge in [0.05, 0.1) is 11.6 Å². The Bertz CT molecular complexity index is 1210. The number of aryl methyl sites for hydroxylation is 1. The zero-order chi connectivity index (χ0) is 20.0. The van der Waals surface area contributed by atoms with E-state index in [4.69, 9.17) is 5.73 Å². The van der Waals surface area contributed by atoms with Crippen molar-refractivity contribution < 1.29 is 4.79 Å². The minimum absolute atomic E-state index is 0.119. The van der Waals surface area contributed by atoms with E-state index >= 15 is 0 Å². The second kappa shape index (κ2) is 5.78. The maximum absolute atomic E-state index is 11.9. The molecule has 4 aliphatic rings. The SMILES string of the molecule is Nc1n[nH]c2ccc([C@@H]3Nc4cc5c(cc4[C@H]4[C@@H]6CC[C@H](C6)[C@H]43)CCC(=O)N5)cc12. The van der Waals surface area contributed by atoms with Gasteiger partial charge in [0.1, 0.15) is 0 Å². The average molecular weight is 399 g/mol. The Morgan fingerprint density at radius 2 is 1.93 bits per heavy atom. The zero-order valence-electron chi connectivity index (χ0n) is 16.7. The molecule has 0 radical (unpaired) electrons. The van der Waals surface area contributed by atoms with Crippen LogP contribution in [0.3, 0.4) is 0 Å². The number of nitrogens with one attached hydrogen (secondary N) is 3. The molecule has 7 rings (SSSR count). The number of amides is 1. The van der Waals surface area contributed by atoms with Crippen molar-refractivity contribution in [2.24, 2.45) is 17.8 Å². The minimum Gasteiger partial charge on any atom is -0.382 e. The number of nitrogen functional groups attached to an aromatic ring is 1. The summed E-state index contributed by atoms with van der Waals surface area (Å²) < 4.78 is 0. The normalized spacial score (nSPS) is 31.1. The molecular formula is C24H25N5O. The van der Waals surface area contributed by atoms with Gasteiger partial charge in [-0.3, -0.25) is 9.89 Å². The highest BCUT2D eigenvalue weighted by atomic mass is 16.1. The molecule has 3 aromatic rings. The van der Waals surface area contributed by atoms with E-state index in [1.807, 2.05) is 0 Å². The number of aromatic amines is 1. The lowest BCUT2D eigenvalue weighted by Gasteiger charge is -2.44. The number of H-pyrrole nitrogens is 1. The van der Waals surface area contributed by atoms with Gasteiger partial charge in [-0.05, 0) is 84.2 Å². The first-order chi connectivity index (χ1) is 14.7. The van der Waals surface area contributed by atoms with Crippen molar-refractivity contribution in [3.63, 3.8) is 0 Å². The van der Waals surface area contributed by atoms with E-state index < -0.39 is 0 Å². The molecule has 2 aromatic carbocycles. The Labute approximate surface area is 174 Å². The van der Waals surface area contributed by atoms with Gasteiger partial charge in [-0.25, -0.2) is 0 Å². The number of benzene rings is 2. The topological polar surface area (TPSA) is 95.8 Å². The Morgan fingerprint density at radius 3 is 2.87 bits per heavy atom. The molecule has 30 heavy (non-hydrogen) atoms. The molecule has 5 N–H and O–H groups in total. The summed E-state index contributed by atoms with van der Waals surface area (Å²) in [6.07, 6.45) is 5.47. The van der Waals surface area contributed by atoms with Crippen molar-refractivity contribution in [3.05, 3.63) is 47.0 Å². The smallest absolute Gasteiger partial charge is 0.224 e. The predicted molar refractivity (Wildman–Crippen MR) is 117 cm³/mol. The zero-order valence-corrected chi connectivity index (χ0v) is 16.7. The first-order valence-corrected chi connectivity index (χ1v) is 11.1. The van der Waals surface area contributed by atoms with Crippen LogP contribution in [-0.4, -0.2) is 16.1 Å². The van der Waals surface area contributed by atoms with Crippen molar-refractivity contribution in [1.29, 1.82) is 0 Å². The number of carbonyl (C=O) groups is 1. The number of fused-ring (bicyclic) bond motifs is 9. The molecule has 2 bridgehead atoms. The third kappa shape index (κ3) is 2.19. The molecular weight excluding hydrogens is 374 g/mol. The molecule has 3 heterocycles. The number of nitrogens with two attached hydrogens (primary N) is 1. The summed E-state index contributed by atoms with van der Waals surface area (Å²) in [6.45, 7) is 0. The van der Waals surface area contributed by atoms with Crippen LogP contribution >= 0.6 is 0 Å². The van der Waals surface area contributed by atoms with E-state index in [2.05, 4.69) is 51.2 Å². The molecule has 2 saturated carbocycles.